The topological polar surface area (TPSA) is 60.7 Å². The molecule has 3 nitrogen and oxygen atoms in total. The monoisotopic (exact) mass is 460 g/mol. The Balaban J connectivity index is 1.55. The highest BCUT2D eigenvalue weighted by Crippen LogP contribution is 2.75. The maximum Gasteiger partial charge on any atom is 0.0849 e. The van der Waals surface area contributed by atoms with Gasteiger partial charge in [0.1, 0.15) is 0 Å². The Morgan fingerprint density at radius 1 is 0.909 bits per heavy atom. The molecule has 33 heavy (non-hydrogen) atoms. The lowest BCUT2D eigenvalue weighted by atomic mass is 9.35. The van der Waals surface area contributed by atoms with Gasteiger partial charge in [-0.2, -0.15) is 0 Å². The number of fused-ring (bicyclic) bond motifs is 5. The number of hydrogen-bond donors (Lipinski definition) is 3. The van der Waals surface area contributed by atoms with Crippen molar-refractivity contribution in [2.24, 2.45) is 45.3 Å². The maximum atomic E-state index is 10.8. The van der Waals surface area contributed by atoms with Crippen molar-refractivity contribution < 1.29 is 15.3 Å². The second-order valence-electron chi connectivity index (χ2n) is 14.6. The normalized spacial score (nSPS) is 47.9. The summed E-state index contributed by atoms with van der Waals surface area (Å²) in [6.07, 6.45) is 10.3. The van der Waals surface area contributed by atoms with Crippen LogP contribution in [-0.2, 0) is 0 Å². The fraction of sp³-hybridized carbons (Fsp3) is 0.933. The van der Waals surface area contributed by atoms with E-state index in [1.54, 1.807) is 13.8 Å². The van der Waals surface area contributed by atoms with Crippen molar-refractivity contribution >= 4 is 0 Å². The van der Waals surface area contributed by atoms with Gasteiger partial charge in [-0.25, -0.2) is 0 Å². The Morgan fingerprint density at radius 2 is 1.55 bits per heavy atom. The van der Waals surface area contributed by atoms with Gasteiger partial charge in [-0.1, -0.05) is 46.8 Å². The Labute approximate surface area is 203 Å². The summed E-state index contributed by atoms with van der Waals surface area (Å²) in [6.45, 7) is 20.4. The van der Waals surface area contributed by atoms with Gasteiger partial charge in [0.15, 0.2) is 0 Å². The highest BCUT2D eigenvalue weighted by Gasteiger charge is 2.68. The van der Waals surface area contributed by atoms with E-state index in [0.717, 1.165) is 18.8 Å². The molecule has 0 aromatic heterocycles. The number of hydrogen-bond acceptors (Lipinski definition) is 3. The lowest BCUT2D eigenvalue weighted by Gasteiger charge is -2.69. The molecule has 4 aliphatic rings. The van der Waals surface area contributed by atoms with Gasteiger partial charge < -0.3 is 15.3 Å². The van der Waals surface area contributed by atoms with Crippen molar-refractivity contribution in [2.75, 3.05) is 0 Å². The fourth-order valence-corrected chi connectivity index (χ4v) is 10.1. The number of aliphatic hydroxyl groups is 3. The van der Waals surface area contributed by atoms with Crippen LogP contribution in [0.25, 0.3) is 0 Å². The second kappa shape index (κ2) is 8.07. The van der Waals surface area contributed by atoms with E-state index in [1.165, 1.54) is 50.5 Å². The first-order chi connectivity index (χ1) is 15.1. The van der Waals surface area contributed by atoms with E-state index in [0.29, 0.717) is 40.4 Å². The van der Waals surface area contributed by atoms with Crippen LogP contribution in [0.2, 0.25) is 0 Å². The average Bonchev–Trinajstić information content (AvgIpc) is 3.07. The van der Waals surface area contributed by atoms with Crippen LogP contribution in [0.4, 0.5) is 0 Å². The van der Waals surface area contributed by atoms with Gasteiger partial charge in [0.25, 0.3) is 0 Å². The molecule has 0 radical (unpaired) electrons. The molecule has 4 fully saturated rings. The summed E-state index contributed by atoms with van der Waals surface area (Å²) in [4.78, 5) is 0. The van der Waals surface area contributed by atoms with Gasteiger partial charge in [-0.05, 0) is 123 Å². The van der Waals surface area contributed by atoms with Crippen molar-refractivity contribution in [3.63, 3.8) is 0 Å². The van der Waals surface area contributed by atoms with E-state index >= 15 is 0 Å². The molecule has 0 heterocycles. The maximum absolute atomic E-state index is 10.8. The highest BCUT2D eigenvalue weighted by molar-refractivity contribution is 5.20. The summed E-state index contributed by atoms with van der Waals surface area (Å²) < 4.78 is 0. The summed E-state index contributed by atoms with van der Waals surface area (Å²) in [5.74, 6) is 2.59. The molecule has 0 saturated heterocycles. The molecule has 0 unspecified atom stereocenters. The van der Waals surface area contributed by atoms with Crippen molar-refractivity contribution in [3.8, 4) is 0 Å². The van der Waals surface area contributed by atoms with Crippen LogP contribution in [0, 0.1) is 45.3 Å². The van der Waals surface area contributed by atoms with E-state index in [2.05, 4.69) is 41.2 Å². The first kappa shape index (κ1) is 25.7. The minimum atomic E-state index is -1.05. The van der Waals surface area contributed by atoms with E-state index < -0.39 is 11.7 Å². The highest BCUT2D eigenvalue weighted by atomic mass is 16.3. The Morgan fingerprint density at radius 3 is 2.18 bits per heavy atom. The lowest BCUT2D eigenvalue weighted by molar-refractivity contribution is -0.220. The van der Waals surface area contributed by atoms with Gasteiger partial charge in [0.2, 0.25) is 0 Å². The molecule has 0 amide bonds. The summed E-state index contributed by atoms with van der Waals surface area (Å²) in [5, 5.41) is 31.3. The van der Waals surface area contributed by atoms with Crippen LogP contribution < -0.4 is 0 Å². The van der Waals surface area contributed by atoms with Gasteiger partial charge in [0, 0.05) is 0 Å². The molecule has 0 bridgehead atoms. The smallest absolute Gasteiger partial charge is 0.0849 e. The van der Waals surface area contributed by atoms with Crippen molar-refractivity contribution in [1.82, 2.24) is 0 Å². The van der Waals surface area contributed by atoms with Crippen LogP contribution in [0.5, 0.6) is 0 Å². The number of aliphatic hydroxyl groups excluding tert-OH is 2. The third kappa shape index (κ3) is 3.70. The quantitative estimate of drug-likeness (QED) is 0.410. The van der Waals surface area contributed by atoms with Gasteiger partial charge >= 0.3 is 0 Å². The molecule has 0 spiro atoms. The molecular formula is C30H52O3. The van der Waals surface area contributed by atoms with Crippen molar-refractivity contribution in [1.29, 1.82) is 0 Å². The van der Waals surface area contributed by atoms with Crippen LogP contribution in [-0.4, -0.2) is 33.1 Å². The van der Waals surface area contributed by atoms with Crippen LogP contribution in [0.3, 0.4) is 0 Å². The molecule has 3 heteroatoms. The molecule has 0 aliphatic heterocycles. The Kier molecular flexibility index (Phi) is 6.28. The summed E-state index contributed by atoms with van der Waals surface area (Å²) >= 11 is 0. The summed E-state index contributed by atoms with van der Waals surface area (Å²) in [6, 6.07) is 0. The predicted molar refractivity (Wildman–Crippen MR) is 136 cm³/mol. The molecule has 0 aromatic carbocycles. The van der Waals surface area contributed by atoms with Gasteiger partial charge in [-0.3, -0.25) is 0 Å². The Hall–Kier alpha value is -0.380. The summed E-state index contributed by atoms with van der Waals surface area (Å²) in [5.41, 5.74) is 1.28. The zero-order chi connectivity index (χ0) is 24.6. The standard InChI is InChI=1S/C30H52O3/c1-19(9-12-25(32)27(4,5)33)20-13-17-29(7)21(20)10-11-23-28(6)16-15-24(31)26(2,3)22(28)14-18-30(23,29)8/h20-25,31-33H,1,9-18H2,2-8H3/t20-,21-,22+,23-,24-,25+,28+,29-,30-/m1/s1. The molecule has 190 valence electrons. The zero-order valence-electron chi connectivity index (χ0n) is 22.6. The second-order valence-corrected chi connectivity index (χ2v) is 14.6. The van der Waals surface area contributed by atoms with Gasteiger partial charge in [-0.15, -0.1) is 0 Å². The minimum Gasteiger partial charge on any atom is -0.393 e. The SMILES string of the molecule is C=C(CC[C@H](O)C(C)(C)O)[C@H]1CC[C@]2(C)[C@@H]1CC[C@@H]1[C@@]3(C)CC[C@@H](O)C(C)(C)[C@@H]3CC[C@]12C. The fourth-order valence-electron chi connectivity index (χ4n) is 10.1. The molecule has 3 N–H and O–H groups in total. The van der Waals surface area contributed by atoms with E-state index in [4.69, 9.17) is 0 Å². The lowest BCUT2D eigenvalue weighted by Crippen LogP contribution is -2.63. The van der Waals surface area contributed by atoms with Gasteiger partial charge in [0.05, 0.1) is 17.8 Å². The first-order valence-electron chi connectivity index (χ1n) is 13.8. The molecular weight excluding hydrogens is 408 g/mol. The molecule has 4 saturated carbocycles. The zero-order valence-corrected chi connectivity index (χ0v) is 22.6. The van der Waals surface area contributed by atoms with E-state index in [9.17, 15) is 15.3 Å². The average molecular weight is 461 g/mol. The minimum absolute atomic E-state index is 0.0138. The summed E-state index contributed by atoms with van der Waals surface area (Å²) in [7, 11) is 0. The van der Waals surface area contributed by atoms with Crippen LogP contribution in [0.15, 0.2) is 12.2 Å². The largest absolute Gasteiger partial charge is 0.393 e. The molecule has 4 aliphatic carbocycles. The third-order valence-electron chi connectivity index (χ3n) is 12.5. The number of allylic oxidation sites excluding steroid dienone is 1. The predicted octanol–water partition coefficient (Wildman–Crippen LogP) is 6.50. The van der Waals surface area contributed by atoms with Crippen LogP contribution in [0.1, 0.15) is 113 Å². The molecule has 4 rings (SSSR count). The number of rotatable bonds is 5. The third-order valence-corrected chi connectivity index (χ3v) is 12.5. The van der Waals surface area contributed by atoms with Crippen molar-refractivity contribution in [3.05, 3.63) is 12.2 Å². The molecule has 0 aromatic rings. The first-order valence-corrected chi connectivity index (χ1v) is 13.8. The molecule has 9 atom stereocenters. The van der Waals surface area contributed by atoms with E-state index in [-0.39, 0.29) is 11.5 Å². The Bertz CT molecular complexity index is 765. The van der Waals surface area contributed by atoms with E-state index in [1.807, 2.05) is 0 Å². The van der Waals surface area contributed by atoms with Crippen molar-refractivity contribution in [2.45, 2.75) is 130 Å². The van der Waals surface area contributed by atoms with Crippen LogP contribution >= 0.6 is 0 Å².